The molecule has 2 atom stereocenters. The lowest BCUT2D eigenvalue weighted by Crippen LogP contribution is -2.35. The van der Waals surface area contributed by atoms with Crippen molar-refractivity contribution in [1.82, 2.24) is 24.6 Å². The average Bonchev–Trinajstić information content (AvgIpc) is 3.24. The summed E-state index contributed by atoms with van der Waals surface area (Å²) in [6.07, 6.45) is 8.02. The zero-order valence-electron chi connectivity index (χ0n) is 12.7. The Labute approximate surface area is 132 Å². The number of aromatic nitrogens is 4. The minimum absolute atomic E-state index is 0.0671. The highest BCUT2D eigenvalue weighted by molar-refractivity contribution is 5.99. The predicted octanol–water partition coefficient (Wildman–Crippen LogP) is -0.0549. The minimum atomic E-state index is -0.159. The molecule has 4 heterocycles. The highest BCUT2D eigenvalue weighted by Gasteiger charge is 2.48. The molecule has 2 amide bonds. The molecule has 8 nitrogen and oxygen atoms in total. The maximum atomic E-state index is 12.6. The van der Waals surface area contributed by atoms with E-state index in [1.54, 1.807) is 20.7 Å². The highest BCUT2D eigenvalue weighted by Crippen LogP contribution is 2.35. The summed E-state index contributed by atoms with van der Waals surface area (Å²) in [5, 5.41) is 4.12. The van der Waals surface area contributed by atoms with E-state index in [2.05, 4.69) is 15.1 Å². The molecule has 2 aliphatic heterocycles. The molecule has 118 valence electrons. The van der Waals surface area contributed by atoms with Crippen LogP contribution in [0.3, 0.4) is 0 Å². The van der Waals surface area contributed by atoms with Gasteiger partial charge < -0.3 is 9.80 Å². The van der Waals surface area contributed by atoms with Crippen molar-refractivity contribution < 1.29 is 9.59 Å². The van der Waals surface area contributed by atoms with Crippen LogP contribution in [0, 0.1) is 11.8 Å². The monoisotopic (exact) mass is 312 g/mol. The number of hydrogen-bond acceptors (Lipinski definition) is 5. The van der Waals surface area contributed by atoms with Crippen LogP contribution in [0.4, 0.5) is 5.69 Å². The molecule has 2 aromatic heterocycles. The fraction of sp³-hybridized carbons (Fsp3) is 0.400. The van der Waals surface area contributed by atoms with Crippen LogP contribution >= 0.6 is 0 Å². The van der Waals surface area contributed by atoms with E-state index >= 15 is 0 Å². The van der Waals surface area contributed by atoms with Crippen molar-refractivity contribution in [2.45, 2.75) is 0 Å². The van der Waals surface area contributed by atoms with Crippen molar-refractivity contribution in [3.8, 4) is 0 Å². The van der Waals surface area contributed by atoms with E-state index in [-0.39, 0.29) is 23.7 Å². The van der Waals surface area contributed by atoms with Crippen molar-refractivity contribution in [1.29, 1.82) is 0 Å². The highest BCUT2D eigenvalue weighted by atomic mass is 16.2. The van der Waals surface area contributed by atoms with Crippen molar-refractivity contribution in [3.63, 3.8) is 0 Å². The van der Waals surface area contributed by atoms with E-state index in [0.29, 0.717) is 25.3 Å². The number of fused-ring (bicyclic) bond motifs is 1. The van der Waals surface area contributed by atoms with Crippen LogP contribution in [-0.2, 0) is 11.8 Å². The molecule has 2 aliphatic rings. The zero-order chi connectivity index (χ0) is 16.0. The molecule has 8 heteroatoms. The Hall–Kier alpha value is -2.77. The van der Waals surface area contributed by atoms with Gasteiger partial charge in [-0.1, -0.05) is 0 Å². The van der Waals surface area contributed by atoms with Crippen LogP contribution in [0.5, 0.6) is 0 Å². The van der Waals surface area contributed by atoms with Crippen molar-refractivity contribution in [2.24, 2.45) is 18.9 Å². The number of carbonyl (C=O) groups excluding carboxylic acids is 2. The van der Waals surface area contributed by atoms with E-state index in [1.165, 1.54) is 18.6 Å². The summed E-state index contributed by atoms with van der Waals surface area (Å²) in [4.78, 5) is 36.5. The smallest absolute Gasteiger partial charge is 0.274 e. The van der Waals surface area contributed by atoms with Gasteiger partial charge in [0.2, 0.25) is 5.91 Å². The van der Waals surface area contributed by atoms with Gasteiger partial charge in [-0.05, 0) is 0 Å². The molecular weight excluding hydrogens is 296 g/mol. The van der Waals surface area contributed by atoms with Gasteiger partial charge in [-0.25, -0.2) is 4.98 Å². The van der Waals surface area contributed by atoms with Gasteiger partial charge in [0, 0.05) is 51.2 Å². The van der Waals surface area contributed by atoms with Gasteiger partial charge in [0.05, 0.1) is 24.0 Å². The molecular formula is C15H16N6O2. The maximum Gasteiger partial charge on any atom is 0.274 e. The molecule has 23 heavy (non-hydrogen) atoms. The Morgan fingerprint density at radius 3 is 2.74 bits per heavy atom. The molecule has 2 fully saturated rings. The first-order chi connectivity index (χ1) is 11.1. The lowest BCUT2D eigenvalue weighted by Gasteiger charge is -2.20. The summed E-state index contributed by atoms with van der Waals surface area (Å²) in [6, 6.07) is 0. The Morgan fingerprint density at radius 1 is 1.22 bits per heavy atom. The molecule has 0 aliphatic carbocycles. The summed E-state index contributed by atoms with van der Waals surface area (Å²) >= 11 is 0. The Bertz CT molecular complexity index is 758. The molecule has 0 unspecified atom stereocenters. The number of rotatable bonds is 2. The topological polar surface area (TPSA) is 84.2 Å². The fourth-order valence-corrected chi connectivity index (χ4v) is 3.38. The molecule has 0 N–H and O–H groups in total. The Kier molecular flexibility index (Phi) is 3.10. The summed E-state index contributed by atoms with van der Waals surface area (Å²) in [7, 11) is 1.83. The zero-order valence-corrected chi connectivity index (χ0v) is 12.7. The molecule has 0 saturated carbocycles. The maximum absolute atomic E-state index is 12.6. The van der Waals surface area contributed by atoms with Gasteiger partial charge in [0.15, 0.2) is 0 Å². The molecule has 0 bridgehead atoms. The summed E-state index contributed by atoms with van der Waals surface area (Å²) in [6.45, 7) is 1.64. The SMILES string of the molecule is Cn1cc(N2C[C@@H]3CN(C(=O)c4cnccn4)C[C@@H]3C2=O)cn1. The van der Waals surface area contributed by atoms with E-state index in [1.807, 2.05) is 13.2 Å². The number of carbonyl (C=O) groups is 2. The first-order valence-corrected chi connectivity index (χ1v) is 7.49. The first kappa shape index (κ1) is 13.9. The van der Waals surface area contributed by atoms with Gasteiger partial charge in [-0.2, -0.15) is 5.10 Å². The number of likely N-dealkylation sites (tertiary alicyclic amines) is 1. The second-order valence-electron chi connectivity index (χ2n) is 5.99. The summed E-state index contributed by atoms with van der Waals surface area (Å²) < 4.78 is 1.68. The van der Waals surface area contributed by atoms with Crippen molar-refractivity contribution >= 4 is 17.5 Å². The number of aryl methyl sites for hydroxylation is 1. The van der Waals surface area contributed by atoms with E-state index in [9.17, 15) is 9.59 Å². The number of hydrogen-bond donors (Lipinski definition) is 0. The predicted molar refractivity (Wildman–Crippen MR) is 80.5 cm³/mol. The second-order valence-corrected chi connectivity index (χ2v) is 5.99. The van der Waals surface area contributed by atoms with Crippen LogP contribution in [0.15, 0.2) is 31.0 Å². The van der Waals surface area contributed by atoms with Crippen LogP contribution in [0.2, 0.25) is 0 Å². The Morgan fingerprint density at radius 2 is 2.09 bits per heavy atom. The standard InChI is InChI=1S/C15H16N6O2/c1-19-8-11(4-18-19)21-7-10-6-20(9-12(10)14(21)22)15(23)13-5-16-2-3-17-13/h2-5,8,10,12H,6-7,9H2,1H3/t10-,12-/m0/s1. The third kappa shape index (κ3) is 2.26. The minimum Gasteiger partial charge on any atom is -0.336 e. The lowest BCUT2D eigenvalue weighted by atomic mass is 10.0. The lowest BCUT2D eigenvalue weighted by molar-refractivity contribution is -0.120. The third-order valence-corrected chi connectivity index (χ3v) is 4.51. The molecule has 0 radical (unpaired) electrons. The van der Waals surface area contributed by atoms with E-state index in [0.717, 1.165) is 5.69 Å². The molecule has 4 rings (SSSR count). The number of nitrogens with zero attached hydrogens (tertiary/aromatic N) is 6. The summed E-state index contributed by atoms with van der Waals surface area (Å²) in [5.41, 5.74) is 1.14. The van der Waals surface area contributed by atoms with Gasteiger partial charge in [0.25, 0.3) is 5.91 Å². The normalized spacial score (nSPS) is 23.4. The van der Waals surface area contributed by atoms with Crippen LogP contribution in [-0.4, -0.2) is 56.1 Å². The summed E-state index contributed by atoms with van der Waals surface area (Å²) in [5.74, 6) is -0.0789. The van der Waals surface area contributed by atoms with Crippen molar-refractivity contribution in [2.75, 3.05) is 24.5 Å². The number of amides is 2. The second kappa shape index (κ2) is 5.15. The van der Waals surface area contributed by atoms with Crippen LogP contribution in [0.1, 0.15) is 10.5 Å². The van der Waals surface area contributed by atoms with Crippen LogP contribution < -0.4 is 4.90 Å². The Balaban J connectivity index is 1.49. The third-order valence-electron chi connectivity index (χ3n) is 4.51. The van der Waals surface area contributed by atoms with Gasteiger partial charge >= 0.3 is 0 Å². The van der Waals surface area contributed by atoms with E-state index in [4.69, 9.17) is 0 Å². The van der Waals surface area contributed by atoms with E-state index < -0.39 is 0 Å². The fourth-order valence-electron chi connectivity index (χ4n) is 3.38. The van der Waals surface area contributed by atoms with Crippen LogP contribution in [0.25, 0.3) is 0 Å². The average molecular weight is 312 g/mol. The largest absolute Gasteiger partial charge is 0.336 e. The van der Waals surface area contributed by atoms with Gasteiger partial charge in [-0.3, -0.25) is 19.3 Å². The number of anilines is 1. The van der Waals surface area contributed by atoms with Crippen molar-refractivity contribution in [3.05, 3.63) is 36.7 Å². The first-order valence-electron chi connectivity index (χ1n) is 7.49. The molecule has 0 spiro atoms. The van der Waals surface area contributed by atoms with Gasteiger partial charge in [-0.15, -0.1) is 0 Å². The molecule has 0 aromatic carbocycles. The van der Waals surface area contributed by atoms with Gasteiger partial charge in [0.1, 0.15) is 5.69 Å². The molecule has 2 saturated heterocycles. The molecule has 2 aromatic rings. The quantitative estimate of drug-likeness (QED) is 0.776.